The Labute approximate surface area is 134 Å². The van der Waals surface area contributed by atoms with Crippen LogP contribution in [0.25, 0.3) is 0 Å². The molecule has 2 heterocycles. The molecule has 2 N–H and O–H groups in total. The minimum atomic E-state index is -4.46. The lowest BCUT2D eigenvalue weighted by atomic mass is 10.2. The molecule has 9 heteroatoms. The second-order valence-electron chi connectivity index (χ2n) is 4.47. The molecule has 0 aromatic carbocycles. The Kier molecular flexibility index (Phi) is 5.32. The Morgan fingerprint density at radius 2 is 2.13 bits per heavy atom. The molecule has 2 rings (SSSR count). The molecule has 5 nitrogen and oxygen atoms in total. The lowest BCUT2D eigenvalue weighted by Gasteiger charge is -2.12. The maximum Gasteiger partial charge on any atom is 0.422 e. The van der Waals surface area contributed by atoms with Gasteiger partial charge in [0, 0.05) is 24.5 Å². The quantitative estimate of drug-likeness (QED) is 0.819. The monoisotopic (exact) mass is 343 g/mol. The van der Waals surface area contributed by atoms with Crippen molar-refractivity contribution in [2.24, 2.45) is 0 Å². The molecule has 0 spiro atoms. The largest absolute Gasteiger partial charge is 0.468 e. The van der Waals surface area contributed by atoms with Crippen molar-refractivity contribution in [3.8, 4) is 5.88 Å². The van der Waals surface area contributed by atoms with Crippen molar-refractivity contribution >= 4 is 18.1 Å². The highest BCUT2D eigenvalue weighted by molar-refractivity contribution is 7.71. The number of amides is 1. The van der Waals surface area contributed by atoms with E-state index in [9.17, 15) is 18.0 Å². The summed E-state index contributed by atoms with van der Waals surface area (Å²) in [6.07, 6.45) is -1.57. The maximum absolute atomic E-state index is 12.2. The highest BCUT2D eigenvalue weighted by Gasteiger charge is 2.29. The minimum Gasteiger partial charge on any atom is -0.468 e. The predicted octanol–water partition coefficient (Wildman–Crippen LogP) is 3.01. The van der Waals surface area contributed by atoms with Crippen molar-refractivity contribution in [1.82, 2.24) is 15.3 Å². The number of hydrogen-bond acceptors (Lipinski definition) is 4. The molecule has 0 aliphatic heterocycles. The molecule has 0 fully saturated rings. The molecule has 0 radical (unpaired) electrons. The number of carbonyl (C=O) groups excluding carboxylic acids is 1. The first-order valence-electron chi connectivity index (χ1n) is 6.46. The first-order chi connectivity index (χ1) is 10.9. The summed E-state index contributed by atoms with van der Waals surface area (Å²) in [5, 5.41) is 2.57. The number of nitrogens with one attached hydrogen (secondary N) is 2. The molecular formula is C14H12F3N3O2S. The van der Waals surface area contributed by atoms with Gasteiger partial charge in [-0.1, -0.05) is 18.3 Å². The zero-order valence-corrected chi connectivity index (χ0v) is 12.5. The Balaban J connectivity index is 2.05. The van der Waals surface area contributed by atoms with E-state index in [2.05, 4.69) is 20.0 Å². The van der Waals surface area contributed by atoms with Crippen LogP contribution in [0.2, 0.25) is 0 Å². The van der Waals surface area contributed by atoms with Crippen LogP contribution in [-0.2, 0) is 6.54 Å². The van der Waals surface area contributed by atoms with Crippen molar-refractivity contribution in [3.05, 3.63) is 52.4 Å². The molecule has 0 aliphatic rings. The average molecular weight is 343 g/mol. The third-order valence-corrected chi connectivity index (χ3v) is 3.06. The molecule has 122 valence electrons. The normalized spacial score (nSPS) is 11.1. The molecule has 0 aliphatic carbocycles. The van der Waals surface area contributed by atoms with Gasteiger partial charge >= 0.3 is 6.18 Å². The van der Waals surface area contributed by atoms with E-state index >= 15 is 0 Å². The van der Waals surface area contributed by atoms with E-state index in [4.69, 9.17) is 12.2 Å². The van der Waals surface area contributed by atoms with E-state index in [1.165, 1.54) is 18.3 Å². The van der Waals surface area contributed by atoms with E-state index in [1.54, 1.807) is 18.3 Å². The van der Waals surface area contributed by atoms with Gasteiger partial charge in [-0.3, -0.25) is 4.79 Å². The Bertz CT molecular complexity index is 746. The number of hydrogen-bond donors (Lipinski definition) is 2. The topological polar surface area (TPSA) is 67.0 Å². The summed E-state index contributed by atoms with van der Waals surface area (Å²) >= 11 is 4.99. The summed E-state index contributed by atoms with van der Waals surface area (Å²) in [4.78, 5) is 18.5. The number of alkyl halides is 3. The van der Waals surface area contributed by atoms with Gasteiger partial charge in [0.15, 0.2) is 6.61 Å². The molecule has 0 atom stereocenters. The molecular weight excluding hydrogens is 331 g/mol. The lowest BCUT2D eigenvalue weighted by Crippen LogP contribution is -2.25. The van der Waals surface area contributed by atoms with Gasteiger partial charge in [0.1, 0.15) is 4.64 Å². The van der Waals surface area contributed by atoms with Gasteiger partial charge in [-0.05, 0) is 18.2 Å². The summed E-state index contributed by atoms with van der Waals surface area (Å²) in [5.74, 6) is -0.624. The second kappa shape index (κ2) is 7.23. The zero-order chi connectivity index (χ0) is 16.9. The Morgan fingerprint density at radius 1 is 1.35 bits per heavy atom. The molecule has 0 unspecified atom stereocenters. The van der Waals surface area contributed by atoms with Crippen LogP contribution in [0.1, 0.15) is 15.9 Å². The van der Waals surface area contributed by atoms with Gasteiger partial charge in [-0.2, -0.15) is 13.2 Å². The standard InChI is InChI=1S/C14H12F3N3O2S/c15-14(16,17)8-22-12-9(3-1-5-18-12)7-20-11(21)10-4-2-6-19-13(10)23/h1-6H,7-8H2,(H,19,23)(H,20,21). The average Bonchev–Trinajstić information content (AvgIpc) is 2.51. The Morgan fingerprint density at radius 3 is 2.83 bits per heavy atom. The molecule has 0 saturated heterocycles. The SMILES string of the molecule is O=C(NCc1cccnc1OCC(F)(F)F)c1ccc[nH]c1=S. The van der Waals surface area contributed by atoms with Crippen LogP contribution in [0.4, 0.5) is 13.2 Å². The summed E-state index contributed by atoms with van der Waals surface area (Å²) in [7, 11) is 0. The van der Waals surface area contributed by atoms with Crippen LogP contribution < -0.4 is 10.1 Å². The number of aromatic amines is 1. The van der Waals surface area contributed by atoms with Crippen LogP contribution in [0.15, 0.2) is 36.7 Å². The van der Waals surface area contributed by atoms with Gasteiger partial charge < -0.3 is 15.0 Å². The predicted molar refractivity (Wildman–Crippen MR) is 78.6 cm³/mol. The van der Waals surface area contributed by atoms with Crippen LogP contribution in [0.3, 0.4) is 0 Å². The fraction of sp³-hybridized carbons (Fsp3) is 0.214. The third kappa shape index (κ3) is 5.06. The first kappa shape index (κ1) is 16.9. The molecule has 0 saturated carbocycles. The number of aromatic nitrogens is 2. The minimum absolute atomic E-state index is 0.0382. The van der Waals surface area contributed by atoms with Crippen LogP contribution in [-0.4, -0.2) is 28.7 Å². The van der Waals surface area contributed by atoms with E-state index in [-0.39, 0.29) is 22.6 Å². The van der Waals surface area contributed by atoms with Crippen molar-refractivity contribution in [2.75, 3.05) is 6.61 Å². The molecule has 23 heavy (non-hydrogen) atoms. The number of nitrogens with zero attached hydrogens (tertiary/aromatic N) is 1. The molecule has 1 amide bonds. The second-order valence-corrected chi connectivity index (χ2v) is 4.88. The van der Waals surface area contributed by atoms with Crippen molar-refractivity contribution in [3.63, 3.8) is 0 Å². The van der Waals surface area contributed by atoms with Crippen molar-refractivity contribution in [1.29, 1.82) is 0 Å². The third-order valence-electron chi connectivity index (χ3n) is 2.72. The van der Waals surface area contributed by atoms with Crippen LogP contribution in [0.5, 0.6) is 5.88 Å². The summed E-state index contributed by atoms with van der Waals surface area (Å²) < 4.78 is 41.6. The van der Waals surface area contributed by atoms with E-state index in [0.717, 1.165) is 0 Å². The Hall–Kier alpha value is -2.42. The van der Waals surface area contributed by atoms with Gasteiger partial charge in [-0.15, -0.1) is 0 Å². The number of halogens is 3. The number of ether oxygens (including phenoxy) is 1. The van der Waals surface area contributed by atoms with Gasteiger partial charge in [0.25, 0.3) is 5.91 Å². The highest BCUT2D eigenvalue weighted by atomic mass is 32.1. The zero-order valence-electron chi connectivity index (χ0n) is 11.7. The first-order valence-corrected chi connectivity index (χ1v) is 6.87. The van der Waals surface area contributed by atoms with Gasteiger partial charge in [-0.25, -0.2) is 4.98 Å². The lowest BCUT2D eigenvalue weighted by molar-refractivity contribution is -0.154. The molecule has 0 bridgehead atoms. The molecule has 2 aromatic heterocycles. The number of rotatable bonds is 5. The molecule has 2 aromatic rings. The smallest absolute Gasteiger partial charge is 0.422 e. The number of H-pyrrole nitrogens is 1. The fourth-order valence-corrected chi connectivity index (χ4v) is 1.94. The number of carbonyl (C=O) groups is 1. The summed E-state index contributed by atoms with van der Waals surface area (Å²) in [5.41, 5.74) is 0.597. The van der Waals surface area contributed by atoms with Crippen molar-refractivity contribution < 1.29 is 22.7 Å². The number of pyridine rings is 2. The van der Waals surface area contributed by atoms with E-state index < -0.39 is 18.7 Å². The summed E-state index contributed by atoms with van der Waals surface area (Å²) in [6.45, 7) is -1.49. The van der Waals surface area contributed by atoms with Crippen LogP contribution in [0, 0.1) is 4.64 Å². The van der Waals surface area contributed by atoms with Gasteiger partial charge in [0.05, 0.1) is 5.56 Å². The van der Waals surface area contributed by atoms with Crippen LogP contribution >= 0.6 is 12.2 Å². The summed E-state index contributed by atoms with van der Waals surface area (Å²) in [6, 6.07) is 6.21. The van der Waals surface area contributed by atoms with Crippen molar-refractivity contribution in [2.45, 2.75) is 12.7 Å². The fourth-order valence-electron chi connectivity index (χ4n) is 1.71. The highest BCUT2D eigenvalue weighted by Crippen LogP contribution is 2.19. The van der Waals surface area contributed by atoms with Gasteiger partial charge in [0.2, 0.25) is 5.88 Å². The van der Waals surface area contributed by atoms with E-state index in [1.807, 2.05) is 0 Å². The van der Waals surface area contributed by atoms with E-state index in [0.29, 0.717) is 5.56 Å². The maximum atomic E-state index is 12.2.